The zero-order chi connectivity index (χ0) is 9.68. The first-order chi connectivity index (χ1) is 6.25. The molecule has 0 aliphatic rings. The predicted molar refractivity (Wildman–Crippen MR) is 54.3 cm³/mol. The van der Waals surface area contributed by atoms with Crippen molar-refractivity contribution in [2.24, 2.45) is 11.5 Å². The molecule has 0 fully saturated rings. The van der Waals surface area contributed by atoms with Crippen LogP contribution in [0.3, 0.4) is 0 Å². The van der Waals surface area contributed by atoms with Crippen LogP contribution in [0.15, 0.2) is 24.4 Å². The molecule has 72 valence electrons. The van der Waals surface area contributed by atoms with Crippen LogP contribution in [0.25, 0.3) is 0 Å². The highest BCUT2D eigenvalue weighted by Gasteiger charge is 2.14. The summed E-state index contributed by atoms with van der Waals surface area (Å²) < 4.78 is 0. The van der Waals surface area contributed by atoms with Crippen LogP contribution in [0.2, 0.25) is 0 Å². The van der Waals surface area contributed by atoms with E-state index in [9.17, 15) is 0 Å². The lowest BCUT2D eigenvalue weighted by atomic mass is 9.96. The van der Waals surface area contributed by atoms with Crippen molar-refractivity contribution in [1.29, 1.82) is 0 Å². The number of hydrogen-bond donors (Lipinski definition) is 2. The summed E-state index contributed by atoms with van der Waals surface area (Å²) >= 11 is 0. The van der Waals surface area contributed by atoms with E-state index in [-0.39, 0.29) is 12.0 Å². The van der Waals surface area contributed by atoms with Crippen LogP contribution < -0.4 is 11.5 Å². The van der Waals surface area contributed by atoms with Crippen LogP contribution in [0.4, 0.5) is 0 Å². The van der Waals surface area contributed by atoms with E-state index in [4.69, 9.17) is 11.5 Å². The van der Waals surface area contributed by atoms with E-state index in [2.05, 4.69) is 11.9 Å². The zero-order valence-electron chi connectivity index (χ0n) is 7.98. The van der Waals surface area contributed by atoms with E-state index in [1.165, 1.54) is 0 Å². The molecule has 0 aliphatic carbocycles. The second-order valence-corrected chi connectivity index (χ2v) is 3.28. The first kappa shape index (κ1) is 10.2. The van der Waals surface area contributed by atoms with Crippen molar-refractivity contribution in [3.8, 4) is 0 Å². The molecule has 2 unspecified atom stereocenters. The van der Waals surface area contributed by atoms with Crippen LogP contribution >= 0.6 is 0 Å². The number of nitrogens with zero attached hydrogens (tertiary/aromatic N) is 1. The number of nitrogens with two attached hydrogens (primary N) is 2. The fourth-order valence-corrected chi connectivity index (χ4v) is 1.31. The Balaban J connectivity index is 2.62. The van der Waals surface area contributed by atoms with E-state index in [0.29, 0.717) is 6.54 Å². The minimum Gasteiger partial charge on any atom is -0.330 e. The van der Waals surface area contributed by atoms with Crippen LogP contribution in [0.5, 0.6) is 0 Å². The maximum atomic E-state index is 5.94. The lowest BCUT2D eigenvalue weighted by Gasteiger charge is -2.18. The van der Waals surface area contributed by atoms with E-state index in [1.807, 2.05) is 18.2 Å². The number of rotatable bonds is 4. The Hall–Kier alpha value is -0.930. The Morgan fingerprint density at radius 2 is 2.23 bits per heavy atom. The normalized spacial score (nSPS) is 15.3. The van der Waals surface area contributed by atoms with Crippen LogP contribution in [-0.2, 0) is 0 Å². The van der Waals surface area contributed by atoms with Gasteiger partial charge in [0.15, 0.2) is 0 Å². The Labute approximate surface area is 79.2 Å². The molecule has 3 nitrogen and oxygen atoms in total. The van der Waals surface area contributed by atoms with Crippen molar-refractivity contribution in [2.75, 3.05) is 6.54 Å². The molecule has 0 aromatic carbocycles. The highest BCUT2D eigenvalue weighted by Crippen LogP contribution is 2.16. The van der Waals surface area contributed by atoms with Crippen LogP contribution in [0, 0.1) is 0 Å². The third kappa shape index (κ3) is 2.79. The minimum absolute atomic E-state index is 0.111. The lowest BCUT2D eigenvalue weighted by molar-refractivity contribution is 0.525. The Bertz CT molecular complexity index is 235. The molecule has 1 aromatic rings. The Morgan fingerprint density at radius 3 is 2.77 bits per heavy atom. The van der Waals surface area contributed by atoms with Crippen molar-refractivity contribution in [1.82, 2.24) is 4.98 Å². The summed E-state index contributed by atoms with van der Waals surface area (Å²) in [7, 11) is 0. The maximum absolute atomic E-state index is 5.94. The van der Waals surface area contributed by atoms with Gasteiger partial charge in [0, 0.05) is 23.9 Å². The molecule has 0 radical (unpaired) electrons. The second kappa shape index (κ2) is 4.94. The minimum atomic E-state index is 0.111. The summed E-state index contributed by atoms with van der Waals surface area (Å²) in [5, 5.41) is 0. The van der Waals surface area contributed by atoms with Gasteiger partial charge in [0.2, 0.25) is 0 Å². The molecule has 0 spiro atoms. The summed E-state index contributed by atoms with van der Waals surface area (Å²) in [6.07, 6.45) is 2.64. The zero-order valence-corrected chi connectivity index (χ0v) is 7.98. The predicted octanol–water partition coefficient (Wildman–Crippen LogP) is 0.861. The quantitative estimate of drug-likeness (QED) is 0.720. The standard InChI is InChI=1S/C10H17N3/c1-8(9(12)5-6-11)10-4-2-3-7-13-10/h2-4,7-9H,5-6,11-12H2,1H3. The number of aromatic nitrogens is 1. The van der Waals surface area contributed by atoms with Gasteiger partial charge in [-0.25, -0.2) is 0 Å². The van der Waals surface area contributed by atoms with Crippen molar-refractivity contribution in [2.45, 2.75) is 25.3 Å². The van der Waals surface area contributed by atoms with Gasteiger partial charge < -0.3 is 11.5 Å². The van der Waals surface area contributed by atoms with Gasteiger partial charge in [-0.3, -0.25) is 4.98 Å². The second-order valence-electron chi connectivity index (χ2n) is 3.28. The SMILES string of the molecule is CC(c1ccccn1)C(N)CCN. The van der Waals surface area contributed by atoms with Crippen LogP contribution in [-0.4, -0.2) is 17.6 Å². The first-order valence-corrected chi connectivity index (χ1v) is 4.62. The summed E-state index contributed by atoms with van der Waals surface area (Å²) in [5.74, 6) is 0.282. The smallest absolute Gasteiger partial charge is 0.0447 e. The molecule has 1 aromatic heterocycles. The first-order valence-electron chi connectivity index (χ1n) is 4.62. The van der Waals surface area contributed by atoms with E-state index < -0.39 is 0 Å². The molecule has 4 N–H and O–H groups in total. The van der Waals surface area contributed by atoms with Crippen molar-refractivity contribution < 1.29 is 0 Å². The Morgan fingerprint density at radius 1 is 1.46 bits per heavy atom. The van der Waals surface area contributed by atoms with Crippen molar-refractivity contribution in [3.05, 3.63) is 30.1 Å². The molecule has 0 aliphatic heterocycles. The van der Waals surface area contributed by atoms with Gasteiger partial charge in [0.25, 0.3) is 0 Å². The lowest BCUT2D eigenvalue weighted by Crippen LogP contribution is -2.29. The molecule has 3 heteroatoms. The van der Waals surface area contributed by atoms with Gasteiger partial charge in [-0.2, -0.15) is 0 Å². The summed E-state index contributed by atoms with van der Waals surface area (Å²) in [6, 6.07) is 6.00. The Kier molecular flexibility index (Phi) is 3.86. The average molecular weight is 179 g/mol. The molecular weight excluding hydrogens is 162 g/mol. The summed E-state index contributed by atoms with van der Waals surface area (Å²) in [4.78, 5) is 4.26. The van der Waals surface area contributed by atoms with Crippen molar-refractivity contribution >= 4 is 0 Å². The molecule has 0 bridgehead atoms. The van der Waals surface area contributed by atoms with Gasteiger partial charge in [0.05, 0.1) is 0 Å². The van der Waals surface area contributed by atoms with E-state index >= 15 is 0 Å². The van der Waals surface area contributed by atoms with E-state index in [0.717, 1.165) is 12.1 Å². The molecule has 1 rings (SSSR count). The molecule has 1 heterocycles. The highest BCUT2D eigenvalue weighted by atomic mass is 14.7. The summed E-state index contributed by atoms with van der Waals surface area (Å²) in [5.41, 5.74) is 12.4. The fraction of sp³-hybridized carbons (Fsp3) is 0.500. The molecule has 0 saturated carbocycles. The summed E-state index contributed by atoms with van der Waals surface area (Å²) in [6.45, 7) is 2.72. The number of pyridine rings is 1. The fourth-order valence-electron chi connectivity index (χ4n) is 1.31. The molecule has 0 saturated heterocycles. The molecular formula is C10H17N3. The molecule has 2 atom stereocenters. The third-order valence-electron chi connectivity index (χ3n) is 2.30. The van der Waals surface area contributed by atoms with Gasteiger partial charge in [0.1, 0.15) is 0 Å². The highest BCUT2D eigenvalue weighted by molar-refractivity contribution is 5.10. The van der Waals surface area contributed by atoms with Gasteiger partial charge in [-0.1, -0.05) is 13.0 Å². The maximum Gasteiger partial charge on any atom is 0.0447 e. The number of hydrogen-bond acceptors (Lipinski definition) is 3. The average Bonchev–Trinajstić information content (AvgIpc) is 2.18. The van der Waals surface area contributed by atoms with Gasteiger partial charge in [-0.15, -0.1) is 0 Å². The van der Waals surface area contributed by atoms with Gasteiger partial charge in [-0.05, 0) is 25.1 Å². The molecule has 13 heavy (non-hydrogen) atoms. The topological polar surface area (TPSA) is 64.9 Å². The molecule has 0 amide bonds. The van der Waals surface area contributed by atoms with Crippen molar-refractivity contribution in [3.63, 3.8) is 0 Å². The monoisotopic (exact) mass is 179 g/mol. The largest absolute Gasteiger partial charge is 0.330 e. The van der Waals surface area contributed by atoms with Gasteiger partial charge >= 0.3 is 0 Å². The van der Waals surface area contributed by atoms with E-state index in [1.54, 1.807) is 6.20 Å². The third-order valence-corrected chi connectivity index (χ3v) is 2.30. The van der Waals surface area contributed by atoms with Crippen LogP contribution in [0.1, 0.15) is 25.0 Å².